The highest BCUT2D eigenvalue weighted by Crippen LogP contribution is 2.20. The molecule has 2 atom stereocenters. The van der Waals surface area contributed by atoms with Crippen LogP contribution < -0.4 is 10.8 Å². The number of benzene rings is 1. The maximum Gasteiger partial charge on any atom is 0.246 e. The van der Waals surface area contributed by atoms with E-state index in [1.807, 2.05) is 37.3 Å². The number of nitrogens with zero attached hydrogens (tertiary/aromatic N) is 1. The van der Waals surface area contributed by atoms with Crippen molar-refractivity contribution in [2.24, 2.45) is 11.8 Å². The van der Waals surface area contributed by atoms with Crippen molar-refractivity contribution in [3.05, 3.63) is 35.9 Å². The highest BCUT2D eigenvalue weighted by atomic mass is 16.7. The highest BCUT2D eigenvalue weighted by Gasteiger charge is 2.29. The number of nitrogens with one attached hydrogen (secondary N) is 2. The van der Waals surface area contributed by atoms with Crippen LogP contribution in [0.2, 0.25) is 0 Å². The maximum atomic E-state index is 12.9. The Bertz CT molecular complexity index is 722. The lowest BCUT2D eigenvalue weighted by Gasteiger charge is -2.32. The summed E-state index contributed by atoms with van der Waals surface area (Å²) < 4.78 is 10.8. The van der Waals surface area contributed by atoms with Gasteiger partial charge in [0.1, 0.15) is 6.79 Å². The summed E-state index contributed by atoms with van der Waals surface area (Å²) in [5, 5.41) is 12.2. The number of ether oxygens (including phenoxy) is 2. The summed E-state index contributed by atoms with van der Waals surface area (Å²) in [6.07, 6.45) is 1.92. The van der Waals surface area contributed by atoms with Gasteiger partial charge in [0.05, 0.1) is 12.6 Å². The van der Waals surface area contributed by atoms with Gasteiger partial charge in [-0.3, -0.25) is 19.6 Å². The number of amides is 3. The normalized spacial score (nSPS) is 16.3. The van der Waals surface area contributed by atoms with Gasteiger partial charge >= 0.3 is 0 Å². The van der Waals surface area contributed by atoms with Crippen LogP contribution in [0.3, 0.4) is 0 Å². The molecular weight excluding hydrogens is 414 g/mol. The number of carbonyl (C=O) groups excluding carboxylic acids is 3. The molecule has 0 saturated carbocycles. The van der Waals surface area contributed by atoms with Gasteiger partial charge < -0.3 is 19.7 Å². The average Bonchev–Trinajstić information content (AvgIpc) is 2.81. The Kier molecular flexibility index (Phi) is 11.1. The SMILES string of the molecule is CCOCOCC(CC(Cc1ccccc1)C(=O)NO)NC(=O)C1CCN(C(C)=O)CC1. The molecule has 0 aromatic heterocycles. The van der Waals surface area contributed by atoms with Crippen LogP contribution in [0.4, 0.5) is 0 Å². The van der Waals surface area contributed by atoms with E-state index in [-0.39, 0.29) is 31.1 Å². The van der Waals surface area contributed by atoms with E-state index < -0.39 is 17.9 Å². The number of hydroxylamine groups is 1. The summed E-state index contributed by atoms with van der Waals surface area (Å²) in [5.41, 5.74) is 2.70. The number of likely N-dealkylation sites (tertiary alicyclic amines) is 1. The summed E-state index contributed by atoms with van der Waals surface area (Å²) in [5.74, 6) is -1.35. The molecular formula is C23H35N3O6. The standard InChI is InChI=1S/C23H35N3O6/c1-3-31-16-32-15-21(24-22(28)19-9-11-26(12-10-19)17(2)27)14-20(23(29)25-30)13-18-7-5-4-6-8-18/h4-8,19-21,30H,3,9-16H2,1-2H3,(H,24,28)(H,25,29). The minimum atomic E-state index is -0.553. The zero-order valence-corrected chi connectivity index (χ0v) is 18.9. The molecule has 1 aromatic rings. The van der Waals surface area contributed by atoms with Crippen molar-refractivity contribution in [2.45, 2.75) is 45.6 Å². The number of piperidine rings is 1. The van der Waals surface area contributed by atoms with Crippen LogP contribution in [-0.2, 0) is 30.3 Å². The van der Waals surface area contributed by atoms with E-state index in [0.29, 0.717) is 45.4 Å². The zero-order valence-electron chi connectivity index (χ0n) is 18.9. The number of hydrogen-bond acceptors (Lipinski definition) is 6. The van der Waals surface area contributed by atoms with Crippen LogP contribution in [0.1, 0.15) is 38.7 Å². The summed E-state index contributed by atoms with van der Waals surface area (Å²) in [7, 11) is 0. The molecule has 9 nitrogen and oxygen atoms in total. The summed E-state index contributed by atoms with van der Waals surface area (Å²) in [6, 6.07) is 9.08. The molecule has 1 aromatic carbocycles. The molecule has 2 unspecified atom stereocenters. The van der Waals surface area contributed by atoms with E-state index >= 15 is 0 Å². The van der Waals surface area contributed by atoms with Gasteiger partial charge in [0.25, 0.3) is 0 Å². The number of hydrogen-bond donors (Lipinski definition) is 3. The van der Waals surface area contributed by atoms with Crippen LogP contribution in [0.15, 0.2) is 30.3 Å². The van der Waals surface area contributed by atoms with Gasteiger partial charge in [-0.15, -0.1) is 0 Å². The molecule has 178 valence electrons. The fourth-order valence-corrected chi connectivity index (χ4v) is 3.89. The van der Waals surface area contributed by atoms with Crippen LogP contribution in [0.5, 0.6) is 0 Å². The molecule has 0 aliphatic carbocycles. The average molecular weight is 450 g/mol. The van der Waals surface area contributed by atoms with E-state index in [1.54, 1.807) is 10.4 Å². The summed E-state index contributed by atoms with van der Waals surface area (Å²) in [6.45, 7) is 5.29. The van der Waals surface area contributed by atoms with Crippen LogP contribution in [0.25, 0.3) is 0 Å². The molecule has 3 N–H and O–H groups in total. The van der Waals surface area contributed by atoms with Crippen LogP contribution in [0, 0.1) is 11.8 Å². The first kappa shape index (κ1) is 25.8. The van der Waals surface area contributed by atoms with Crippen LogP contribution >= 0.6 is 0 Å². The Morgan fingerprint density at radius 1 is 1.16 bits per heavy atom. The molecule has 1 heterocycles. The third kappa shape index (κ3) is 8.57. The zero-order chi connectivity index (χ0) is 23.3. The maximum absolute atomic E-state index is 12.9. The van der Waals surface area contributed by atoms with E-state index in [9.17, 15) is 19.6 Å². The Balaban J connectivity index is 2.02. The molecule has 1 fully saturated rings. The molecule has 0 spiro atoms. The Labute approximate surface area is 189 Å². The number of rotatable bonds is 12. The second-order valence-electron chi connectivity index (χ2n) is 8.07. The first-order chi connectivity index (χ1) is 15.4. The molecule has 2 rings (SSSR count). The van der Waals surface area contributed by atoms with Crippen LogP contribution in [-0.4, -0.2) is 67.0 Å². The van der Waals surface area contributed by atoms with E-state index in [0.717, 1.165) is 5.56 Å². The van der Waals surface area contributed by atoms with Gasteiger partial charge in [-0.2, -0.15) is 0 Å². The van der Waals surface area contributed by atoms with Crippen molar-refractivity contribution < 1.29 is 29.1 Å². The largest absolute Gasteiger partial charge is 0.356 e. The molecule has 0 radical (unpaired) electrons. The smallest absolute Gasteiger partial charge is 0.246 e. The molecule has 32 heavy (non-hydrogen) atoms. The molecule has 9 heteroatoms. The first-order valence-corrected chi connectivity index (χ1v) is 11.1. The Morgan fingerprint density at radius 3 is 2.44 bits per heavy atom. The highest BCUT2D eigenvalue weighted by molar-refractivity contribution is 5.80. The Morgan fingerprint density at radius 2 is 1.84 bits per heavy atom. The third-order valence-electron chi connectivity index (χ3n) is 5.72. The van der Waals surface area contributed by atoms with Crippen molar-refractivity contribution in [3.8, 4) is 0 Å². The lowest BCUT2D eigenvalue weighted by Crippen LogP contribution is -2.47. The van der Waals surface area contributed by atoms with Crippen molar-refractivity contribution in [2.75, 3.05) is 33.1 Å². The topological polar surface area (TPSA) is 117 Å². The minimum Gasteiger partial charge on any atom is -0.356 e. The predicted octanol–water partition coefficient (Wildman–Crippen LogP) is 1.49. The molecule has 1 aliphatic heterocycles. The lowest BCUT2D eigenvalue weighted by molar-refractivity contribution is -0.136. The van der Waals surface area contributed by atoms with Gasteiger partial charge in [-0.1, -0.05) is 30.3 Å². The first-order valence-electron chi connectivity index (χ1n) is 11.1. The van der Waals surface area contributed by atoms with Crippen molar-refractivity contribution in [3.63, 3.8) is 0 Å². The fraction of sp³-hybridized carbons (Fsp3) is 0.609. The van der Waals surface area contributed by atoms with E-state index in [2.05, 4.69) is 5.32 Å². The lowest BCUT2D eigenvalue weighted by atomic mass is 9.91. The summed E-state index contributed by atoms with van der Waals surface area (Å²) in [4.78, 5) is 38.5. The summed E-state index contributed by atoms with van der Waals surface area (Å²) >= 11 is 0. The van der Waals surface area contributed by atoms with E-state index in [1.165, 1.54) is 6.92 Å². The van der Waals surface area contributed by atoms with Crippen molar-refractivity contribution >= 4 is 17.7 Å². The van der Waals surface area contributed by atoms with Crippen molar-refractivity contribution in [1.29, 1.82) is 0 Å². The Hall–Kier alpha value is -2.49. The third-order valence-corrected chi connectivity index (χ3v) is 5.72. The number of carbonyl (C=O) groups is 3. The second-order valence-corrected chi connectivity index (χ2v) is 8.07. The quantitative estimate of drug-likeness (QED) is 0.193. The fourth-order valence-electron chi connectivity index (χ4n) is 3.89. The minimum absolute atomic E-state index is 0.0184. The molecule has 0 bridgehead atoms. The van der Waals surface area contributed by atoms with Crippen molar-refractivity contribution in [1.82, 2.24) is 15.7 Å². The van der Waals surface area contributed by atoms with Gasteiger partial charge in [0.15, 0.2) is 0 Å². The van der Waals surface area contributed by atoms with E-state index in [4.69, 9.17) is 9.47 Å². The van der Waals surface area contributed by atoms with Gasteiger partial charge in [-0.05, 0) is 38.2 Å². The monoisotopic (exact) mass is 449 g/mol. The van der Waals surface area contributed by atoms with Gasteiger partial charge in [-0.25, -0.2) is 5.48 Å². The molecule has 1 aliphatic rings. The second kappa shape index (κ2) is 13.8. The molecule has 3 amide bonds. The van der Waals surface area contributed by atoms with Gasteiger partial charge in [0, 0.05) is 38.5 Å². The van der Waals surface area contributed by atoms with Gasteiger partial charge in [0.2, 0.25) is 17.7 Å². The molecule has 1 saturated heterocycles. The predicted molar refractivity (Wildman–Crippen MR) is 118 cm³/mol.